The van der Waals surface area contributed by atoms with Crippen LogP contribution in [-0.4, -0.2) is 17.9 Å². The molecule has 0 radical (unpaired) electrons. The Kier molecular flexibility index (Phi) is 5.88. The number of nitrogens with two attached hydrogens (primary N) is 2. The van der Waals surface area contributed by atoms with Crippen LogP contribution in [0, 0.1) is 24.7 Å². The molecule has 2 unspecified atom stereocenters. The molecule has 2 bridgehead atoms. The highest BCUT2D eigenvalue weighted by molar-refractivity contribution is 6.04. The van der Waals surface area contributed by atoms with E-state index < -0.39 is 5.91 Å². The Morgan fingerprint density at radius 2 is 1.79 bits per heavy atom. The predicted octanol–water partition coefficient (Wildman–Crippen LogP) is 2.61. The molecule has 0 saturated heterocycles. The maximum atomic E-state index is 12.7. The number of anilines is 1. The minimum absolute atomic E-state index is 0. The van der Waals surface area contributed by atoms with E-state index in [2.05, 4.69) is 5.32 Å². The fourth-order valence-corrected chi connectivity index (χ4v) is 4.34. The Labute approximate surface area is 149 Å². The molecule has 2 saturated carbocycles. The number of halogens is 1. The van der Waals surface area contributed by atoms with Gasteiger partial charge in [-0.3, -0.25) is 9.59 Å². The molecule has 2 aliphatic carbocycles. The zero-order valence-electron chi connectivity index (χ0n) is 14.0. The molecule has 2 atom stereocenters. The summed E-state index contributed by atoms with van der Waals surface area (Å²) in [7, 11) is 0. The number of hydrogen-bond donors (Lipinski definition) is 3. The summed E-state index contributed by atoms with van der Waals surface area (Å²) in [5, 5.41) is 2.93. The lowest BCUT2D eigenvalue weighted by molar-refractivity contribution is -0.122. The molecular weight excluding hydrogens is 326 g/mol. The van der Waals surface area contributed by atoms with Crippen molar-refractivity contribution < 1.29 is 9.59 Å². The van der Waals surface area contributed by atoms with Gasteiger partial charge in [-0.2, -0.15) is 0 Å². The Morgan fingerprint density at radius 1 is 1.17 bits per heavy atom. The van der Waals surface area contributed by atoms with E-state index in [0.717, 1.165) is 31.2 Å². The van der Waals surface area contributed by atoms with Crippen molar-refractivity contribution in [1.29, 1.82) is 0 Å². The predicted molar refractivity (Wildman–Crippen MR) is 97.1 cm³/mol. The van der Waals surface area contributed by atoms with Crippen molar-refractivity contribution >= 4 is 29.9 Å². The van der Waals surface area contributed by atoms with Gasteiger partial charge in [0.15, 0.2) is 0 Å². The average molecular weight is 352 g/mol. The van der Waals surface area contributed by atoms with Crippen molar-refractivity contribution in [3.05, 3.63) is 29.3 Å². The van der Waals surface area contributed by atoms with Gasteiger partial charge in [0.2, 0.25) is 5.91 Å². The van der Waals surface area contributed by atoms with Crippen molar-refractivity contribution in [2.24, 2.45) is 29.2 Å². The first kappa shape index (κ1) is 18.7. The van der Waals surface area contributed by atoms with Crippen LogP contribution in [0.25, 0.3) is 0 Å². The minimum Gasteiger partial charge on any atom is -0.366 e. The number of amides is 2. The molecule has 132 valence electrons. The van der Waals surface area contributed by atoms with Crippen molar-refractivity contribution in [3.63, 3.8) is 0 Å². The van der Waals surface area contributed by atoms with Gasteiger partial charge in [-0.1, -0.05) is 18.6 Å². The molecule has 0 aliphatic heterocycles. The molecule has 1 aromatic rings. The molecular formula is C18H26ClN3O2. The summed E-state index contributed by atoms with van der Waals surface area (Å²) >= 11 is 0. The van der Waals surface area contributed by atoms with Gasteiger partial charge in [0.05, 0.1) is 11.3 Å². The summed E-state index contributed by atoms with van der Waals surface area (Å²) in [5.41, 5.74) is 13.4. The van der Waals surface area contributed by atoms with E-state index in [1.54, 1.807) is 6.07 Å². The third-order valence-corrected chi connectivity index (χ3v) is 5.56. The molecule has 6 heteroatoms. The Hall–Kier alpha value is -1.59. The summed E-state index contributed by atoms with van der Waals surface area (Å²) in [6, 6.07) is 5.62. The zero-order valence-corrected chi connectivity index (χ0v) is 14.8. The summed E-state index contributed by atoms with van der Waals surface area (Å²) in [6.45, 7) is 1.82. The topological polar surface area (TPSA) is 98.2 Å². The Balaban J connectivity index is 0.00000208. The number of nitrogens with one attached hydrogen (secondary N) is 1. The van der Waals surface area contributed by atoms with Crippen LogP contribution in [-0.2, 0) is 4.79 Å². The van der Waals surface area contributed by atoms with Crippen LogP contribution < -0.4 is 16.8 Å². The molecule has 5 nitrogen and oxygen atoms in total. The monoisotopic (exact) mass is 351 g/mol. The molecule has 1 aromatic carbocycles. The molecule has 5 N–H and O–H groups in total. The molecule has 0 aromatic heterocycles. The minimum atomic E-state index is -0.513. The summed E-state index contributed by atoms with van der Waals surface area (Å²) in [6.07, 6.45) is 5.17. The van der Waals surface area contributed by atoms with Gasteiger partial charge in [-0.25, -0.2) is 0 Å². The molecule has 2 aliphatic rings. The number of benzene rings is 1. The van der Waals surface area contributed by atoms with Crippen LogP contribution in [0.15, 0.2) is 18.2 Å². The van der Waals surface area contributed by atoms with Crippen LogP contribution in [0.2, 0.25) is 0 Å². The van der Waals surface area contributed by atoms with Crippen LogP contribution >= 0.6 is 12.4 Å². The van der Waals surface area contributed by atoms with E-state index in [-0.39, 0.29) is 30.3 Å². The highest BCUT2D eigenvalue weighted by atomic mass is 35.5. The number of primary amides is 1. The van der Waals surface area contributed by atoms with Crippen LogP contribution in [0.4, 0.5) is 5.69 Å². The second-order valence-electron chi connectivity index (χ2n) is 7.05. The van der Waals surface area contributed by atoms with Crippen molar-refractivity contribution in [2.75, 3.05) is 5.32 Å². The highest BCUT2D eigenvalue weighted by Crippen LogP contribution is 2.42. The van der Waals surface area contributed by atoms with Crippen LogP contribution in [0.5, 0.6) is 0 Å². The van der Waals surface area contributed by atoms with E-state index in [1.807, 2.05) is 19.1 Å². The van der Waals surface area contributed by atoms with Gasteiger partial charge in [0, 0.05) is 12.0 Å². The number of rotatable bonds is 3. The summed E-state index contributed by atoms with van der Waals surface area (Å²) in [5.74, 6) is 0.354. The van der Waals surface area contributed by atoms with Gasteiger partial charge in [0.1, 0.15) is 0 Å². The smallest absolute Gasteiger partial charge is 0.251 e. The molecule has 0 heterocycles. The van der Waals surface area contributed by atoms with Crippen molar-refractivity contribution in [1.82, 2.24) is 0 Å². The first-order valence-corrected chi connectivity index (χ1v) is 8.43. The van der Waals surface area contributed by atoms with Crippen molar-refractivity contribution in [2.45, 2.75) is 45.1 Å². The number of carbonyl (C=O) groups excluding carboxylic acids is 2. The van der Waals surface area contributed by atoms with Gasteiger partial charge in [-0.15, -0.1) is 12.4 Å². The maximum absolute atomic E-state index is 12.7. The molecule has 24 heavy (non-hydrogen) atoms. The molecule has 3 rings (SSSR count). The number of carbonyl (C=O) groups is 2. The average Bonchev–Trinajstić information content (AvgIpc) is 2.46. The normalized spacial score (nSPS) is 28.6. The third-order valence-electron chi connectivity index (χ3n) is 5.56. The summed E-state index contributed by atoms with van der Waals surface area (Å²) in [4.78, 5) is 24.3. The van der Waals surface area contributed by atoms with Crippen LogP contribution in [0.1, 0.15) is 48.0 Å². The SMILES string of the molecule is Cc1cccc(NC(=O)C2CC3CCCC(C2)C3N)c1C(N)=O.Cl. The fraction of sp³-hybridized carbons (Fsp3) is 0.556. The lowest BCUT2D eigenvalue weighted by Gasteiger charge is -2.43. The first-order chi connectivity index (χ1) is 11.0. The van der Waals surface area contributed by atoms with Gasteiger partial charge in [0.25, 0.3) is 5.91 Å². The largest absolute Gasteiger partial charge is 0.366 e. The number of hydrogen-bond acceptors (Lipinski definition) is 3. The zero-order chi connectivity index (χ0) is 16.6. The van der Waals surface area contributed by atoms with E-state index in [1.165, 1.54) is 6.42 Å². The van der Waals surface area contributed by atoms with Gasteiger partial charge < -0.3 is 16.8 Å². The highest BCUT2D eigenvalue weighted by Gasteiger charge is 2.40. The molecule has 2 amide bonds. The maximum Gasteiger partial charge on any atom is 0.251 e. The van der Waals surface area contributed by atoms with Gasteiger partial charge >= 0.3 is 0 Å². The number of aryl methyl sites for hydroxylation is 1. The van der Waals surface area contributed by atoms with Crippen molar-refractivity contribution in [3.8, 4) is 0 Å². The summed E-state index contributed by atoms with van der Waals surface area (Å²) < 4.78 is 0. The standard InChI is InChI=1S/C18H25N3O2.ClH/c1-10-4-2-7-14(15(10)17(20)22)21-18(23)13-8-11-5-3-6-12(9-13)16(11)19;/h2,4,7,11-13,16H,3,5-6,8-9,19H2,1H3,(H2,20,22)(H,21,23);1H. The quantitative estimate of drug-likeness (QED) is 0.780. The lowest BCUT2D eigenvalue weighted by Crippen LogP contribution is -2.48. The van der Waals surface area contributed by atoms with E-state index in [0.29, 0.717) is 23.1 Å². The fourth-order valence-electron chi connectivity index (χ4n) is 4.34. The third kappa shape index (κ3) is 3.57. The molecule has 2 fully saturated rings. The van der Waals surface area contributed by atoms with Crippen LogP contribution in [0.3, 0.4) is 0 Å². The Morgan fingerprint density at radius 3 is 2.38 bits per heavy atom. The Bertz CT molecular complexity index is 621. The lowest BCUT2D eigenvalue weighted by atomic mass is 9.65. The second kappa shape index (κ2) is 7.53. The molecule has 0 spiro atoms. The number of fused-ring (bicyclic) bond motifs is 2. The van der Waals surface area contributed by atoms with Gasteiger partial charge in [-0.05, 0) is 56.1 Å². The van der Waals surface area contributed by atoms with E-state index in [9.17, 15) is 9.59 Å². The van der Waals surface area contributed by atoms with E-state index >= 15 is 0 Å². The second-order valence-corrected chi connectivity index (χ2v) is 7.05. The first-order valence-electron chi connectivity index (χ1n) is 8.43. The van der Waals surface area contributed by atoms with E-state index in [4.69, 9.17) is 11.5 Å².